The highest BCUT2D eigenvalue weighted by atomic mass is 19.1. The lowest BCUT2D eigenvalue weighted by Crippen LogP contribution is -2.36. The molecule has 0 aliphatic carbocycles. The third kappa shape index (κ3) is 3.52. The summed E-state index contributed by atoms with van der Waals surface area (Å²) in [4.78, 5) is 2.29. The van der Waals surface area contributed by atoms with Crippen molar-refractivity contribution >= 4 is 5.84 Å². The minimum Gasteiger partial charge on any atom is -0.384 e. The van der Waals surface area contributed by atoms with E-state index in [4.69, 9.17) is 15.9 Å². The highest BCUT2D eigenvalue weighted by molar-refractivity contribution is 5.96. The lowest BCUT2D eigenvalue weighted by molar-refractivity contribution is 0.0388. The second-order valence-electron chi connectivity index (χ2n) is 4.93. The highest BCUT2D eigenvalue weighted by Gasteiger charge is 2.19. The van der Waals surface area contributed by atoms with E-state index in [0.29, 0.717) is 18.2 Å². The lowest BCUT2D eigenvalue weighted by Gasteiger charge is -2.31. The van der Waals surface area contributed by atoms with E-state index in [-0.39, 0.29) is 11.7 Å². The van der Waals surface area contributed by atoms with E-state index in [2.05, 4.69) is 4.90 Å². The Bertz CT molecular complexity index is 456. The number of likely N-dealkylation sites (tertiary alicyclic amines) is 1. The zero-order valence-corrected chi connectivity index (χ0v) is 11.2. The van der Waals surface area contributed by atoms with Crippen LogP contribution in [0.3, 0.4) is 0 Å². The summed E-state index contributed by atoms with van der Waals surface area (Å²) in [5, 5.41) is 7.52. The van der Waals surface area contributed by atoms with E-state index in [1.54, 1.807) is 13.2 Å². The van der Waals surface area contributed by atoms with Crippen LogP contribution in [0.2, 0.25) is 0 Å². The standard InChI is InChI=1S/C14H20FN3O/c1-19-12-4-6-18(7-5-12)9-10-2-3-11(15)8-13(10)14(16)17/h2-3,8,12H,4-7,9H2,1H3,(H3,16,17). The average Bonchev–Trinajstić information content (AvgIpc) is 2.41. The number of nitrogens with zero attached hydrogens (tertiary/aromatic N) is 1. The van der Waals surface area contributed by atoms with Crippen LogP contribution < -0.4 is 5.73 Å². The van der Waals surface area contributed by atoms with Crippen LogP contribution in [-0.2, 0) is 11.3 Å². The van der Waals surface area contributed by atoms with Gasteiger partial charge in [0, 0.05) is 32.3 Å². The van der Waals surface area contributed by atoms with Gasteiger partial charge in [0.15, 0.2) is 0 Å². The van der Waals surface area contributed by atoms with E-state index < -0.39 is 0 Å². The van der Waals surface area contributed by atoms with E-state index in [1.807, 2.05) is 0 Å². The quantitative estimate of drug-likeness (QED) is 0.643. The van der Waals surface area contributed by atoms with Gasteiger partial charge in [0.1, 0.15) is 11.7 Å². The molecule has 1 fully saturated rings. The number of piperidine rings is 1. The Balaban J connectivity index is 2.05. The first kappa shape index (κ1) is 14.0. The van der Waals surface area contributed by atoms with Crippen LogP contribution in [0.25, 0.3) is 0 Å². The summed E-state index contributed by atoms with van der Waals surface area (Å²) in [5.41, 5.74) is 6.91. The van der Waals surface area contributed by atoms with Crippen LogP contribution in [0, 0.1) is 11.2 Å². The largest absolute Gasteiger partial charge is 0.384 e. The Morgan fingerprint density at radius 2 is 2.16 bits per heavy atom. The molecule has 3 N–H and O–H groups in total. The summed E-state index contributed by atoms with van der Waals surface area (Å²) in [6, 6.07) is 4.47. The van der Waals surface area contributed by atoms with Crippen molar-refractivity contribution in [3.63, 3.8) is 0 Å². The number of hydrogen-bond donors (Lipinski definition) is 2. The van der Waals surface area contributed by atoms with Gasteiger partial charge in [-0.05, 0) is 30.5 Å². The molecular formula is C14H20FN3O. The van der Waals surface area contributed by atoms with Gasteiger partial charge in [-0.25, -0.2) is 4.39 Å². The maximum Gasteiger partial charge on any atom is 0.123 e. The third-order valence-corrected chi connectivity index (χ3v) is 3.62. The first-order valence-electron chi connectivity index (χ1n) is 6.48. The van der Waals surface area contributed by atoms with E-state index in [1.165, 1.54) is 12.1 Å². The van der Waals surface area contributed by atoms with Crippen molar-refractivity contribution in [1.29, 1.82) is 5.41 Å². The number of nitrogens with one attached hydrogen (secondary N) is 1. The van der Waals surface area contributed by atoms with Gasteiger partial charge in [0.2, 0.25) is 0 Å². The van der Waals surface area contributed by atoms with Crippen molar-refractivity contribution in [2.24, 2.45) is 5.73 Å². The Morgan fingerprint density at radius 1 is 1.47 bits per heavy atom. The molecule has 4 nitrogen and oxygen atoms in total. The van der Waals surface area contributed by atoms with E-state index >= 15 is 0 Å². The number of hydrogen-bond acceptors (Lipinski definition) is 3. The van der Waals surface area contributed by atoms with Gasteiger partial charge in [-0.3, -0.25) is 10.3 Å². The molecule has 2 rings (SSSR count). The Morgan fingerprint density at radius 3 is 2.74 bits per heavy atom. The van der Waals surface area contributed by atoms with Gasteiger partial charge >= 0.3 is 0 Å². The van der Waals surface area contributed by atoms with Crippen LogP contribution in [0.15, 0.2) is 18.2 Å². The molecule has 1 aliphatic rings. The monoisotopic (exact) mass is 265 g/mol. The van der Waals surface area contributed by atoms with Crippen molar-refractivity contribution in [2.75, 3.05) is 20.2 Å². The number of rotatable bonds is 4. The number of methoxy groups -OCH3 is 1. The summed E-state index contributed by atoms with van der Waals surface area (Å²) < 4.78 is 18.5. The second-order valence-corrected chi connectivity index (χ2v) is 4.93. The van der Waals surface area contributed by atoms with Gasteiger partial charge < -0.3 is 10.5 Å². The number of benzene rings is 1. The molecule has 1 aliphatic heterocycles. The molecule has 0 bridgehead atoms. The Kier molecular flexibility index (Phi) is 4.50. The zero-order valence-electron chi connectivity index (χ0n) is 11.2. The number of nitrogens with two attached hydrogens (primary N) is 1. The zero-order chi connectivity index (χ0) is 13.8. The molecule has 0 spiro atoms. The molecular weight excluding hydrogens is 245 g/mol. The van der Waals surface area contributed by atoms with Gasteiger partial charge in [0.25, 0.3) is 0 Å². The summed E-state index contributed by atoms with van der Waals surface area (Å²) in [6.45, 7) is 2.60. The SMILES string of the molecule is COC1CCN(Cc2ccc(F)cc2C(=N)N)CC1. The van der Waals surface area contributed by atoms with Gasteiger partial charge in [-0.15, -0.1) is 0 Å². The van der Waals surface area contributed by atoms with Gasteiger partial charge in [-0.1, -0.05) is 6.07 Å². The average molecular weight is 265 g/mol. The molecule has 1 heterocycles. The molecule has 0 atom stereocenters. The molecule has 5 heteroatoms. The Hall–Kier alpha value is -1.46. The predicted octanol–water partition coefficient (Wildman–Crippen LogP) is 1.72. The molecule has 0 aromatic heterocycles. The van der Waals surface area contributed by atoms with Crippen molar-refractivity contribution in [3.8, 4) is 0 Å². The van der Waals surface area contributed by atoms with Gasteiger partial charge in [-0.2, -0.15) is 0 Å². The van der Waals surface area contributed by atoms with Crippen LogP contribution >= 0.6 is 0 Å². The molecule has 1 saturated heterocycles. The second kappa shape index (κ2) is 6.12. The van der Waals surface area contributed by atoms with Crippen LogP contribution in [0.4, 0.5) is 4.39 Å². The molecule has 0 unspecified atom stereocenters. The fourth-order valence-electron chi connectivity index (χ4n) is 2.48. The first-order chi connectivity index (χ1) is 9.10. The predicted molar refractivity (Wildman–Crippen MR) is 72.7 cm³/mol. The fraction of sp³-hybridized carbons (Fsp3) is 0.500. The molecule has 0 saturated carbocycles. The summed E-state index contributed by atoms with van der Waals surface area (Å²) >= 11 is 0. The molecule has 104 valence electrons. The Labute approximate surface area is 112 Å². The molecule has 19 heavy (non-hydrogen) atoms. The van der Waals surface area contributed by atoms with Gasteiger partial charge in [0.05, 0.1) is 6.10 Å². The van der Waals surface area contributed by atoms with E-state index in [0.717, 1.165) is 31.5 Å². The molecule has 1 aromatic rings. The van der Waals surface area contributed by atoms with Crippen molar-refractivity contribution in [3.05, 3.63) is 35.1 Å². The molecule has 0 amide bonds. The normalized spacial score (nSPS) is 17.6. The van der Waals surface area contributed by atoms with Crippen LogP contribution in [-0.4, -0.2) is 37.0 Å². The smallest absolute Gasteiger partial charge is 0.123 e. The summed E-state index contributed by atoms with van der Waals surface area (Å²) in [6.07, 6.45) is 2.36. The van der Waals surface area contributed by atoms with E-state index in [9.17, 15) is 4.39 Å². The topological polar surface area (TPSA) is 62.3 Å². The third-order valence-electron chi connectivity index (χ3n) is 3.62. The molecule has 0 radical (unpaired) electrons. The summed E-state index contributed by atoms with van der Waals surface area (Å²) in [5.74, 6) is -0.437. The van der Waals surface area contributed by atoms with Crippen molar-refractivity contribution in [1.82, 2.24) is 4.90 Å². The highest BCUT2D eigenvalue weighted by Crippen LogP contribution is 2.18. The summed E-state index contributed by atoms with van der Waals surface area (Å²) in [7, 11) is 1.74. The van der Waals surface area contributed by atoms with Crippen molar-refractivity contribution in [2.45, 2.75) is 25.5 Å². The van der Waals surface area contributed by atoms with Crippen molar-refractivity contribution < 1.29 is 9.13 Å². The van der Waals surface area contributed by atoms with Crippen LogP contribution in [0.5, 0.6) is 0 Å². The number of ether oxygens (including phenoxy) is 1. The first-order valence-corrected chi connectivity index (χ1v) is 6.48. The minimum absolute atomic E-state index is 0.0822. The maximum atomic E-state index is 13.2. The lowest BCUT2D eigenvalue weighted by atomic mass is 10.0. The number of halogens is 1. The van der Waals surface area contributed by atoms with Crippen LogP contribution in [0.1, 0.15) is 24.0 Å². The number of amidine groups is 1. The number of nitrogen functional groups attached to an aromatic ring is 1. The minimum atomic E-state index is -0.355. The molecule has 1 aromatic carbocycles. The fourth-order valence-corrected chi connectivity index (χ4v) is 2.48. The maximum absolute atomic E-state index is 13.2.